The zero-order valence-electron chi connectivity index (χ0n) is 20.7. The monoisotopic (exact) mass is 461 g/mol. The lowest BCUT2D eigenvalue weighted by molar-refractivity contribution is -0.146. The Hall–Kier alpha value is -2.28. The lowest BCUT2D eigenvalue weighted by Gasteiger charge is -2.31. The minimum Gasteiger partial charge on any atom is -0.493 e. The minimum absolute atomic E-state index is 0.113. The van der Waals surface area contributed by atoms with Crippen molar-refractivity contribution in [1.29, 1.82) is 0 Å². The summed E-state index contributed by atoms with van der Waals surface area (Å²) >= 11 is 0. The van der Waals surface area contributed by atoms with E-state index in [-0.39, 0.29) is 29.6 Å². The van der Waals surface area contributed by atoms with Gasteiger partial charge in [-0.25, -0.2) is 0 Å². The first-order valence-electron chi connectivity index (χ1n) is 11.8. The second kappa shape index (κ2) is 12.8. The van der Waals surface area contributed by atoms with Gasteiger partial charge in [0.25, 0.3) is 0 Å². The largest absolute Gasteiger partial charge is 0.493 e. The van der Waals surface area contributed by atoms with Crippen molar-refractivity contribution in [2.24, 2.45) is 28.8 Å². The number of methoxy groups -OCH3 is 1. The SMILES string of the molecule is COCCCOc1cc(C(O)[C@@H](C[C@H](N=[N+]=[N-])[C@@H]2C[C@@H](C(C)C)C(=O)O2)C(C)C)ccc1C. The van der Waals surface area contributed by atoms with Crippen LogP contribution in [0.3, 0.4) is 0 Å². The van der Waals surface area contributed by atoms with Crippen molar-refractivity contribution in [2.45, 2.75) is 72.1 Å². The Morgan fingerprint density at radius 1 is 1.27 bits per heavy atom. The molecule has 0 aromatic heterocycles. The molecule has 0 bridgehead atoms. The highest BCUT2D eigenvalue weighted by Gasteiger charge is 2.41. The Bertz CT molecular complexity index is 822. The summed E-state index contributed by atoms with van der Waals surface area (Å²) < 4.78 is 16.6. The summed E-state index contributed by atoms with van der Waals surface area (Å²) in [5.41, 5.74) is 10.9. The zero-order chi connectivity index (χ0) is 24.5. The number of azide groups is 1. The number of aliphatic hydroxyl groups excluding tert-OH is 1. The predicted octanol–water partition coefficient (Wildman–Crippen LogP) is 5.37. The molecule has 1 aromatic rings. The molecule has 1 unspecified atom stereocenters. The van der Waals surface area contributed by atoms with E-state index >= 15 is 0 Å². The smallest absolute Gasteiger partial charge is 0.309 e. The van der Waals surface area contributed by atoms with Gasteiger partial charge in [-0.05, 0) is 60.2 Å². The van der Waals surface area contributed by atoms with Crippen molar-refractivity contribution in [1.82, 2.24) is 0 Å². The zero-order valence-corrected chi connectivity index (χ0v) is 20.7. The normalized spacial score (nSPS) is 20.9. The molecule has 8 nitrogen and oxygen atoms in total. The number of cyclic esters (lactones) is 1. The number of hydrogen-bond donors (Lipinski definition) is 1. The molecule has 2 rings (SSSR count). The van der Waals surface area contributed by atoms with Crippen molar-refractivity contribution < 1.29 is 24.1 Å². The standard InChI is InChI=1S/C25H39N3O5/c1-15(2)19(13-21(27-28-26)23-14-20(16(3)4)25(30)33-23)24(29)18-9-8-17(5)22(12-18)32-11-7-10-31-6/h8-9,12,15-16,19-21,23-24,29H,7,10-11,13-14H2,1-6H3/t19-,20-,21-,23-,24?/m0/s1. The van der Waals surface area contributed by atoms with Gasteiger partial charge in [0.15, 0.2) is 0 Å². The van der Waals surface area contributed by atoms with Crippen LogP contribution in [-0.4, -0.2) is 43.5 Å². The highest BCUT2D eigenvalue weighted by molar-refractivity contribution is 5.75. The number of ether oxygens (including phenoxy) is 3. The van der Waals surface area contributed by atoms with Gasteiger partial charge < -0.3 is 19.3 Å². The fourth-order valence-corrected chi connectivity index (χ4v) is 4.38. The topological polar surface area (TPSA) is 114 Å². The molecule has 1 N–H and O–H groups in total. The quantitative estimate of drug-likeness (QED) is 0.139. The van der Waals surface area contributed by atoms with Gasteiger partial charge >= 0.3 is 5.97 Å². The lowest BCUT2D eigenvalue weighted by atomic mass is 9.80. The van der Waals surface area contributed by atoms with Gasteiger partial charge in [0.1, 0.15) is 11.9 Å². The third-order valence-corrected chi connectivity index (χ3v) is 6.57. The summed E-state index contributed by atoms with van der Waals surface area (Å²) in [5.74, 6) is 0.396. The molecule has 33 heavy (non-hydrogen) atoms. The molecule has 1 aromatic carbocycles. The number of esters is 1. The number of benzene rings is 1. The van der Waals surface area contributed by atoms with Gasteiger partial charge in [-0.1, -0.05) is 44.9 Å². The van der Waals surface area contributed by atoms with E-state index in [0.29, 0.717) is 26.1 Å². The van der Waals surface area contributed by atoms with E-state index in [1.165, 1.54) is 0 Å². The molecule has 8 heteroatoms. The molecule has 1 fully saturated rings. The maximum Gasteiger partial charge on any atom is 0.309 e. The molecule has 0 spiro atoms. The van der Waals surface area contributed by atoms with Crippen LogP contribution < -0.4 is 4.74 Å². The molecule has 1 aliphatic rings. The van der Waals surface area contributed by atoms with Gasteiger partial charge in [0.05, 0.1) is 24.7 Å². The maximum absolute atomic E-state index is 12.3. The van der Waals surface area contributed by atoms with Crippen molar-refractivity contribution in [3.8, 4) is 5.75 Å². The fourth-order valence-electron chi connectivity index (χ4n) is 4.38. The Morgan fingerprint density at radius 2 is 2.00 bits per heavy atom. The van der Waals surface area contributed by atoms with E-state index < -0.39 is 18.2 Å². The Labute approximate surface area is 197 Å². The molecule has 1 aliphatic heterocycles. The lowest BCUT2D eigenvalue weighted by Crippen LogP contribution is -2.31. The van der Waals surface area contributed by atoms with E-state index in [2.05, 4.69) is 10.0 Å². The summed E-state index contributed by atoms with van der Waals surface area (Å²) in [5, 5.41) is 15.3. The first-order valence-corrected chi connectivity index (χ1v) is 11.8. The molecule has 0 saturated carbocycles. The van der Waals surface area contributed by atoms with Crippen molar-refractivity contribution in [3.63, 3.8) is 0 Å². The molecule has 0 radical (unpaired) electrons. The van der Waals surface area contributed by atoms with Crippen LogP contribution in [0.2, 0.25) is 0 Å². The van der Waals surface area contributed by atoms with E-state index in [1.807, 2.05) is 52.8 Å². The summed E-state index contributed by atoms with van der Waals surface area (Å²) in [6, 6.07) is 5.21. The summed E-state index contributed by atoms with van der Waals surface area (Å²) in [6.45, 7) is 11.2. The second-order valence-electron chi connectivity index (χ2n) is 9.64. The summed E-state index contributed by atoms with van der Waals surface area (Å²) in [7, 11) is 1.66. The molecular formula is C25H39N3O5. The van der Waals surface area contributed by atoms with Gasteiger partial charge in [-0.15, -0.1) is 0 Å². The third-order valence-electron chi connectivity index (χ3n) is 6.57. The van der Waals surface area contributed by atoms with Gasteiger partial charge in [0, 0.05) is 25.0 Å². The molecule has 5 atom stereocenters. The Balaban J connectivity index is 2.19. The summed E-state index contributed by atoms with van der Waals surface area (Å²) in [4.78, 5) is 15.3. The molecule has 0 aliphatic carbocycles. The van der Waals surface area contributed by atoms with E-state index in [1.54, 1.807) is 7.11 Å². The van der Waals surface area contributed by atoms with Crippen LogP contribution in [-0.2, 0) is 14.3 Å². The van der Waals surface area contributed by atoms with Crippen LogP contribution in [0.1, 0.15) is 64.2 Å². The van der Waals surface area contributed by atoms with Crippen LogP contribution in [0.25, 0.3) is 10.4 Å². The molecule has 1 heterocycles. The fraction of sp³-hybridized carbons (Fsp3) is 0.720. The van der Waals surface area contributed by atoms with Crippen LogP contribution in [0, 0.1) is 30.6 Å². The van der Waals surface area contributed by atoms with Crippen molar-refractivity contribution in [3.05, 3.63) is 39.8 Å². The van der Waals surface area contributed by atoms with Crippen LogP contribution in [0.5, 0.6) is 5.75 Å². The summed E-state index contributed by atoms with van der Waals surface area (Å²) in [6.07, 6.45) is 0.491. The average Bonchev–Trinajstić information content (AvgIpc) is 3.16. The third kappa shape index (κ3) is 7.36. The number of hydrogen-bond acceptors (Lipinski definition) is 6. The number of aryl methyl sites for hydroxylation is 1. The first-order chi connectivity index (χ1) is 15.7. The predicted molar refractivity (Wildman–Crippen MR) is 127 cm³/mol. The number of carbonyl (C=O) groups excluding carboxylic acids is 1. The van der Waals surface area contributed by atoms with Crippen LogP contribution in [0.15, 0.2) is 23.3 Å². The van der Waals surface area contributed by atoms with Gasteiger partial charge in [0.2, 0.25) is 0 Å². The van der Waals surface area contributed by atoms with Crippen molar-refractivity contribution in [2.75, 3.05) is 20.3 Å². The molecule has 1 saturated heterocycles. The first kappa shape index (κ1) is 27.0. The number of aliphatic hydroxyl groups is 1. The minimum atomic E-state index is -0.777. The van der Waals surface area contributed by atoms with E-state index in [0.717, 1.165) is 23.3 Å². The molecule has 184 valence electrons. The van der Waals surface area contributed by atoms with E-state index in [9.17, 15) is 9.90 Å². The van der Waals surface area contributed by atoms with Gasteiger partial charge in [-0.2, -0.15) is 0 Å². The average molecular weight is 462 g/mol. The highest BCUT2D eigenvalue weighted by atomic mass is 16.6. The van der Waals surface area contributed by atoms with Gasteiger partial charge in [-0.3, -0.25) is 4.79 Å². The van der Waals surface area contributed by atoms with Crippen LogP contribution >= 0.6 is 0 Å². The maximum atomic E-state index is 12.3. The molecular weight excluding hydrogens is 422 g/mol. The Morgan fingerprint density at radius 3 is 2.58 bits per heavy atom. The number of nitrogens with zero attached hydrogens (tertiary/aromatic N) is 3. The number of carbonyl (C=O) groups is 1. The highest BCUT2D eigenvalue weighted by Crippen LogP contribution is 2.38. The number of rotatable bonds is 13. The van der Waals surface area contributed by atoms with Crippen molar-refractivity contribution >= 4 is 5.97 Å². The van der Waals surface area contributed by atoms with Crippen LogP contribution in [0.4, 0.5) is 0 Å². The van der Waals surface area contributed by atoms with E-state index in [4.69, 9.17) is 19.7 Å². The Kier molecular flexibility index (Phi) is 10.5. The molecule has 0 amide bonds. The second-order valence-corrected chi connectivity index (χ2v) is 9.64.